The Balaban J connectivity index is 1.50. The van der Waals surface area contributed by atoms with Gasteiger partial charge in [0.05, 0.1) is 0 Å². The summed E-state index contributed by atoms with van der Waals surface area (Å²) in [7, 11) is 0. The van der Waals surface area contributed by atoms with Gasteiger partial charge in [-0.25, -0.2) is 0 Å². The minimum absolute atomic E-state index is 0.0577. The topological polar surface area (TPSA) is 72.1 Å². The van der Waals surface area contributed by atoms with Crippen LogP contribution in [0.4, 0.5) is 0 Å². The van der Waals surface area contributed by atoms with Crippen LogP contribution in [0.3, 0.4) is 0 Å². The van der Waals surface area contributed by atoms with Gasteiger partial charge >= 0.3 is 0 Å². The molecule has 1 amide bonds. The highest BCUT2D eigenvalue weighted by Crippen LogP contribution is 2.39. The number of aromatic nitrogens is 3. The first-order chi connectivity index (χ1) is 12.8. The molecule has 132 valence electrons. The molecule has 1 aromatic carbocycles. The SMILES string of the molecule is O=C(c1nccc2ccccc12)N1CCCC[C@@H]1c1nc(C2CC2)no1. The number of hydrogen-bond acceptors (Lipinski definition) is 5. The number of carbonyl (C=O) groups excluding carboxylic acids is 1. The molecule has 1 saturated carbocycles. The lowest BCUT2D eigenvalue weighted by Crippen LogP contribution is -2.39. The van der Waals surface area contributed by atoms with Crippen molar-refractivity contribution in [3.63, 3.8) is 0 Å². The Kier molecular flexibility index (Phi) is 3.69. The van der Waals surface area contributed by atoms with Gasteiger partial charge in [-0.15, -0.1) is 0 Å². The molecular formula is C20H20N4O2. The first-order valence-corrected chi connectivity index (χ1v) is 9.29. The third-order valence-corrected chi connectivity index (χ3v) is 5.32. The Bertz CT molecular complexity index is 958. The summed E-state index contributed by atoms with van der Waals surface area (Å²) >= 11 is 0. The van der Waals surface area contributed by atoms with E-state index in [1.807, 2.05) is 35.2 Å². The van der Waals surface area contributed by atoms with Crippen molar-refractivity contribution >= 4 is 16.7 Å². The lowest BCUT2D eigenvalue weighted by molar-refractivity contribution is 0.0557. The van der Waals surface area contributed by atoms with Gasteiger partial charge < -0.3 is 9.42 Å². The number of fused-ring (bicyclic) bond motifs is 1. The molecule has 1 atom stereocenters. The van der Waals surface area contributed by atoms with Crippen LogP contribution in [0.5, 0.6) is 0 Å². The first kappa shape index (κ1) is 15.5. The van der Waals surface area contributed by atoms with Crippen molar-refractivity contribution in [2.45, 2.75) is 44.1 Å². The van der Waals surface area contributed by atoms with Crippen LogP contribution in [0.2, 0.25) is 0 Å². The molecular weight excluding hydrogens is 328 g/mol. The Morgan fingerprint density at radius 2 is 2.00 bits per heavy atom. The van der Waals surface area contributed by atoms with Gasteiger partial charge in [0.1, 0.15) is 11.7 Å². The minimum Gasteiger partial charge on any atom is -0.337 e. The Hall–Kier alpha value is -2.76. The summed E-state index contributed by atoms with van der Waals surface area (Å²) in [6.07, 6.45) is 6.85. The molecule has 1 aliphatic heterocycles. The second kappa shape index (κ2) is 6.20. The molecule has 0 unspecified atom stereocenters. The maximum absolute atomic E-state index is 13.3. The first-order valence-electron chi connectivity index (χ1n) is 9.29. The predicted molar refractivity (Wildman–Crippen MR) is 95.6 cm³/mol. The van der Waals surface area contributed by atoms with Gasteiger partial charge in [-0.3, -0.25) is 9.78 Å². The van der Waals surface area contributed by atoms with E-state index < -0.39 is 0 Å². The Morgan fingerprint density at radius 3 is 2.88 bits per heavy atom. The summed E-state index contributed by atoms with van der Waals surface area (Å²) in [5.41, 5.74) is 0.497. The predicted octanol–water partition coefficient (Wildman–Crippen LogP) is 3.86. The molecule has 6 nitrogen and oxygen atoms in total. The fourth-order valence-electron chi connectivity index (χ4n) is 3.75. The van der Waals surface area contributed by atoms with Crippen molar-refractivity contribution < 1.29 is 9.32 Å². The number of nitrogens with zero attached hydrogens (tertiary/aromatic N) is 4. The minimum atomic E-state index is -0.156. The Labute approximate surface area is 151 Å². The van der Waals surface area contributed by atoms with Crippen LogP contribution in [0, 0.1) is 0 Å². The monoisotopic (exact) mass is 348 g/mol. The highest BCUT2D eigenvalue weighted by atomic mass is 16.5. The van der Waals surface area contributed by atoms with Crippen molar-refractivity contribution in [3.05, 3.63) is 53.9 Å². The van der Waals surface area contributed by atoms with E-state index in [0.717, 1.165) is 48.7 Å². The number of amides is 1. The van der Waals surface area contributed by atoms with Gasteiger partial charge in [0.25, 0.3) is 5.91 Å². The van der Waals surface area contributed by atoms with Crippen LogP contribution < -0.4 is 0 Å². The van der Waals surface area contributed by atoms with E-state index in [1.165, 1.54) is 0 Å². The van der Waals surface area contributed by atoms with Crippen LogP contribution >= 0.6 is 0 Å². The zero-order valence-electron chi connectivity index (χ0n) is 14.5. The van der Waals surface area contributed by atoms with Crippen molar-refractivity contribution in [2.75, 3.05) is 6.54 Å². The number of likely N-dealkylation sites (tertiary alicyclic amines) is 1. The molecule has 0 N–H and O–H groups in total. The average molecular weight is 348 g/mol. The number of carbonyl (C=O) groups is 1. The van der Waals surface area contributed by atoms with E-state index >= 15 is 0 Å². The molecule has 3 heterocycles. The Morgan fingerprint density at radius 1 is 1.12 bits per heavy atom. The molecule has 3 aromatic rings. The van der Waals surface area contributed by atoms with Crippen LogP contribution in [0.1, 0.15) is 66.3 Å². The van der Waals surface area contributed by atoms with Gasteiger partial charge in [0, 0.05) is 24.0 Å². The smallest absolute Gasteiger partial charge is 0.273 e. The summed E-state index contributed by atoms with van der Waals surface area (Å²) < 4.78 is 5.53. The van der Waals surface area contributed by atoms with Crippen molar-refractivity contribution in [1.82, 2.24) is 20.0 Å². The molecule has 2 fully saturated rings. The van der Waals surface area contributed by atoms with E-state index in [1.54, 1.807) is 6.20 Å². The fraction of sp³-hybridized carbons (Fsp3) is 0.400. The summed E-state index contributed by atoms with van der Waals surface area (Å²) in [6, 6.07) is 9.64. The number of benzene rings is 1. The number of rotatable bonds is 3. The normalized spacial score (nSPS) is 20.5. The number of piperidine rings is 1. The molecule has 26 heavy (non-hydrogen) atoms. The van der Waals surface area contributed by atoms with E-state index in [0.29, 0.717) is 24.0 Å². The zero-order valence-corrected chi connectivity index (χ0v) is 14.5. The quantitative estimate of drug-likeness (QED) is 0.718. The summed E-state index contributed by atoms with van der Waals surface area (Å²) in [4.78, 5) is 24.2. The summed E-state index contributed by atoms with van der Waals surface area (Å²) in [5.74, 6) is 1.75. The molecule has 1 aliphatic carbocycles. The lowest BCUT2D eigenvalue weighted by atomic mass is 10.0. The molecule has 1 saturated heterocycles. The highest BCUT2D eigenvalue weighted by molar-refractivity contribution is 6.05. The third kappa shape index (κ3) is 2.66. The van der Waals surface area contributed by atoms with Crippen molar-refractivity contribution in [1.29, 1.82) is 0 Å². The van der Waals surface area contributed by atoms with Crippen LogP contribution in [-0.4, -0.2) is 32.5 Å². The summed E-state index contributed by atoms with van der Waals surface area (Å²) in [6.45, 7) is 0.690. The second-order valence-electron chi connectivity index (χ2n) is 7.16. The molecule has 0 radical (unpaired) electrons. The molecule has 0 bridgehead atoms. The van der Waals surface area contributed by atoms with Gasteiger partial charge in [-0.1, -0.05) is 29.4 Å². The molecule has 0 spiro atoms. The molecule has 5 rings (SSSR count). The average Bonchev–Trinajstić information content (AvgIpc) is 3.44. The van der Waals surface area contributed by atoms with Gasteiger partial charge in [-0.05, 0) is 43.6 Å². The molecule has 2 aromatic heterocycles. The standard InChI is InChI=1S/C20H20N4O2/c25-20(17-15-6-2-1-5-13(15)10-11-21-17)24-12-4-3-7-16(24)19-22-18(23-26-19)14-8-9-14/h1-2,5-6,10-11,14,16H,3-4,7-9,12H2/t16-/m1/s1. The zero-order chi connectivity index (χ0) is 17.5. The number of pyridine rings is 1. The number of hydrogen-bond donors (Lipinski definition) is 0. The lowest BCUT2D eigenvalue weighted by Gasteiger charge is -2.33. The van der Waals surface area contributed by atoms with E-state index in [-0.39, 0.29) is 11.9 Å². The fourth-order valence-corrected chi connectivity index (χ4v) is 3.75. The maximum Gasteiger partial charge on any atom is 0.273 e. The van der Waals surface area contributed by atoms with E-state index in [2.05, 4.69) is 15.1 Å². The van der Waals surface area contributed by atoms with E-state index in [4.69, 9.17) is 4.52 Å². The van der Waals surface area contributed by atoms with Crippen molar-refractivity contribution in [2.24, 2.45) is 0 Å². The van der Waals surface area contributed by atoms with Crippen molar-refractivity contribution in [3.8, 4) is 0 Å². The molecule has 2 aliphatic rings. The van der Waals surface area contributed by atoms with Gasteiger partial charge in [0.2, 0.25) is 5.89 Å². The second-order valence-corrected chi connectivity index (χ2v) is 7.16. The van der Waals surface area contributed by atoms with Gasteiger partial charge in [-0.2, -0.15) is 4.98 Å². The van der Waals surface area contributed by atoms with E-state index in [9.17, 15) is 4.79 Å². The van der Waals surface area contributed by atoms with Gasteiger partial charge in [0.15, 0.2) is 5.82 Å². The van der Waals surface area contributed by atoms with Crippen LogP contribution in [0.15, 0.2) is 41.1 Å². The largest absolute Gasteiger partial charge is 0.337 e. The summed E-state index contributed by atoms with van der Waals surface area (Å²) in [5, 5.41) is 6.03. The van der Waals surface area contributed by atoms with Crippen LogP contribution in [-0.2, 0) is 0 Å². The molecule has 6 heteroatoms. The highest BCUT2D eigenvalue weighted by Gasteiger charge is 2.36. The van der Waals surface area contributed by atoms with Crippen LogP contribution in [0.25, 0.3) is 10.8 Å². The maximum atomic E-state index is 13.3. The third-order valence-electron chi connectivity index (χ3n) is 5.32.